The van der Waals surface area contributed by atoms with Gasteiger partial charge >= 0.3 is 5.97 Å². The van der Waals surface area contributed by atoms with Crippen molar-refractivity contribution in [3.63, 3.8) is 0 Å². The van der Waals surface area contributed by atoms with Crippen molar-refractivity contribution >= 4 is 40.4 Å². The first-order valence-electron chi connectivity index (χ1n) is 7.40. The number of rotatable bonds is 5. The number of hydrogen-bond donors (Lipinski definition) is 4. The number of aliphatic carboxylic acids is 1. The maximum atomic E-state index is 14.0. The lowest BCUT2D eigenvalue weighted by Gasteiger charge is -2.12. The molecule has 7 nitrogen and oxygen atoms in total. The summed E-state index contributed by atoms with van der Waals surface area (Å²) in [6, 6.07) is 3.90. The van der Waals surface area contributed by atoms with Gasteiger partial charge < -0.3 is 15.9 Å². The fraction of sp³-hybridized carbons (Fsp3) is 0.118. The van der Waals surface area contributed by atoms with Gasteiger partial charge in [0.25, 0.3) is 5.91 Å². The Balaban J connectivity index is 2.34. The van der Waals surface area contributed by atoms with Crippen molar-refractivity contribution in [3.8, 4) is 16.9 Å². The van der Waals surface area contributed by atoms with Crippen LogP contribution in [0.15, 0.2) is 30.3 Å². The summed E-state index contributed by atoms with van der Waals surface area (Å²) in [5.41, 5.74) is 5.05. The largest absolute Gasteiger partial charge is 0.506 e. The highest BCUT2D eigenvalue weighted by molar-refractivity contribution is 14.1. The predicted octanol–water partition coefficient (Wildman–Crippen LogP) is 2.00. The van der Waals surface area contributed by atoms with Crippen LogP contribution < -0.4 is 11.1 Å². The summed E-state index contributed by atoms with van der Waals surface area (Å²) in [7, 11) is 0. The fourth-order valence-corrected chi connectivity index (χ4v) is 2.81. The topological polar surface area (TPSA) is 130 Å². The molecule has 0 heterocycles. The zero-order valence-electron chi connectivity index (χ0n) is 13.5. The summed E-state index contributed by atoms with van der Waals surface area (Å²) < 4.78 is 27.3. The molecule has 10 heteroatoms. The van der Waals surface area contributed by atoms with E-state index in [1.54, 1.807) is 22.6 Å². The molecule has 0 saturated heterocycles. The zero-order chi connectivity index (χ0) is 20.3. The monoisotopic (exact) mass is 490 g/mol. The Bertz CT molecular complexity index is 936. The summed E-state index contributed by atoms with van der Waals surface area (Å²) in [6.45, 7) is 0. The van der Waals surface area contributed by atoms with Crippen molar-refractivity contribution in [1.29, 1.82) is 0 Å². The molecular weight excluding hydrogens is 477 g/mol. The third-order valence-electron chi connectivity index (χ3n) is 3.53. The number of nitrogens with one attached hydrogen (secondary N) is 1. The lowest BCUT2D eigenvalue weighted by Crippen LogP contribution is -2.39. The number of nitrogens with two attached hydrogens (primary N) is 1. The maximum absolute atomic E-state index is 14.0. The first-order chi connectivity index (χ1) is 12.6. The number of phenols is 1. The Morgan fingerprint density at radius 3 is 2.44 bits per heavy atom. The van der Waals surface area contributed by atoms with Crippen LogP contribution in [0.3, 0.4) is 0 Å². The first kappa shape index (κ1) is 20.7. The number of halogens is 3. The van der Waals surface area contributed by atoms with E-state index in [-0.39, 0.29) is 20.3 Å². The number of phenolic OH excluding ortho intramolecular Hbond substituents is 1. The molecule has 5 N–H and O–H groups in total. The highest BCUT2D eigenvalue weighted by Gasteiger charge is 2.22. The molecular formula is C17H13F2IN2O5. The van der Waals surface area contributed by atoms with E-state index >= 15 is 0 Å². The molecule has 0 fully saturated rings. The van der Waals surface area contributed by atoms with Gasteiger partial charge in [0.05, 0.1) is 15.6 Å². The van der Waals surface area contributed by atoms with Crippen LogP contribution in [0.1, 0.15) is 16.8 Å². The van der Waals surface area contributed by atoms with Gasteiger partial charge in [-0.2, -0.15) is 0 Å². The van der Waals surface area contributed by atoms with E-state index in [2.05, 4.69) is 0 Å². The van der Waals surface area contributed by atoms with E-state index in [1.807, 2.05) is 5.32 Å². The summed E-state index contributed by atoms with van der Waals surface area (Å²) in [6.07, 6.45) is -0.648. The number of aromatic hydroxyl groups is 1. The molecule has 0 aliphatic carbocycles. The van der Waals surface area contributed by atoms with E-state index in [1.165, 1.54) is 12.1 Å². The molecule has 0 bridgehead atoms. The highest BCUT2D eigenvalue weighted by atomic mass is 127. The van der Waals surface area contributed by atoms with Crippen LogP contribution in [-0.2, 0) is 9.59 Å². The molecule has 2 aromatic carbocycles. The molecule has 27 heavy (non-hydrogen) atoms. The second-order valence-corrected chi connectivity index (χ2v) is 6.67. The number of carbonyl (C=O) groups excluding carboxylic acids is 2. The summed E-state index contributed by atoms with van der Waals surface area (Å²) in [5.74, 6) is -5.48. The zero-order valence-corrected chi connectivity index (χ0v) is 15.7. The van der Waals surface area contributed by atoms with Crippen LogP contribution >= 0.6 is 22.6 Å². The number of amides is 2. The molecule has 0 radical (unpaired) electrons. The van der Waals surface area contributed by atoms with Crippen molar-refractivity contribution in [2.24, 2.45) is 5.73 Å². The average molecular weight is 490 g/mol. The van der Waals surface area contributed by atoms with E-state index in [0.29, 0.717) is 6.07 Å². The van der Waals surface area contributed by atoms with Gasteiger partial charge in [-0.1, -0.05) is 0 Å². The summed E-state index contributed by atoms with van der Waals surface area (Å²) >= 11 is 1.71. The lowest BCUT2D eigenvalue weighted by molar-refractivity contribution is -0.140. The lowest BCUT2D eigenvalue weighted by atomic mass is 10.0. The highest BCUT2D eigenvalue weighted by Crippen LogP contribution is 2.32. The van der Waals surface area contributed by atoms with Gasteiger partial charge in [-0.3, -0.25) is 19.7 Å². The van der Waals surface area contributed by atoms with Gasteiger partial charge in [-0.25, -0.2) is 8.78 Å². The number of imide groups is 1. The van der Waals surface area contributed by atoms with E-state index in [0.717, 1.165) is 12.1 Å². The number of carboxylic acid groups (broad SMARTS) is 1. The number of benzene rings is 2. The molecule has 0 aromatic heterocycles. The fourth-order valence-electron chi connectivity index (χ4n) is 2.18. The van der Waals surface area contributed by atoms with Gasteiger partial charge in [-0.15, -0.1) is 0 Å². The predicted molar refractivity (Wildman–Crippen MR) is 98.9 cm³/mol. The van der Waals surface area contributed by atoms with Gasteiger partial charge in [0.2, 0.25) is 5.91 Å². The second-order valence-electron chi connectivity index (χ2n) is 5.50. The minimum atomic E-state index is -1.49. The third-order valence-corrected chi connectivity index (χ3v) is 4.35. The van der Waals surface area contributed by atoms with Crippen molar-refractivity contribution in [1.82, 2.24) is 5.32 Å². The molecule has 0 spiro atoms. The molecule has 142 valence electrons. The van der Waals surface area contributed by atoms with Gasteiger partial charge in [0.15, 0.2) is 0 Å². The van der Waals surface area contributed by atoms with Crippen molar-refractivity contribution < 1.29 is 33.4 Å². The maximum Gasteiger partial charge on any atom is 0.321 e. The van der Waals surface area contributed by atoms with Crippen molar-refractivity contribution in [2.45, 2.75) is 12.5 Å². The van der Waals surface area contributed by atoms with Crippen LogP contribution in [0.2, 0.25) is 0 Å². The Morgan fingerprint density at radius 1 is 1.19 bits per heavy atom. The Hall–Kier alpha value is -2.60. The summed E-state index contributed by atoms with van der Waals surface area (Å²) in [5, 5.41) is 20.7. The van der Waals surface area contributed by atoms with Gasteiger partial charge in [0, 0.05) is 11.6 Å². The molecule has 0 aliphatic heterocycles. The summed E-state index contributed by atoms with van der Waals surface area (Å²) in [4.78, 5) is 34.6. The molecule has 0 aliphatic rings. The Kier molecular flexibility index (Phi) is 6.44. The van der Waals surface area contributed by atoms with Crippen molar-refractivity contribution in [3.05, 3.63) is 51.1 Å². The van der Waals surface area contributed by atoms with Crippen LogP contribution in [0.25, 0.3) is 11.1 Å². The SMILES string of the molecule is NC(CC(=O)NC(=O)c1cc(-c2ccc(F)cc2F)cc(I)c1O)C(=O)O. The average Bonchev–Trinajstić information content (AvgIpc) is 2.56. The number of carboxylic acids is 1. The molecule has 1 atom stereocenters. The minimum absolute atomic E-state index is 0.0115. The number of carbonyl (C=O) groups is 3. The Morgan fingerprint density at radius 2 is 1.85 bits per heavy atom. The molecule has 2 aromatic rings. The minimum Gasteiger partial charge on any atom is -0.506 e. The molecule has 0 saturated carbocycles. The third kappa shape index (κ3) is 4.98. The van der Waals surface area contributed by atoms with E-state index < -0.39 is 47.6 Å². The van der Waals surface area contributed by atoms with Crippen LogP contribution in [0.5, 0.6) is 5.75 Å². The van der Waals surface area contributed by atoms with Crippen LogP contribution in [-0.4, -0.2) is 34.0 Å². The van der Waals surface area contributed by atoms with Gasteiger partial charge in [0.1, 0.15) is 23.4 Å². The standard InChI is InChI=1S/C17H13F2IN2O5/c18-8-1-2-9(11(19)5-8)7-3-10(15(24)12(20)4-7)16(25)22-14(23)6-13(21)17(26)27/h1-5,13,24H,6,21H2,(H,26,27)(H,22,23,25). The van der Waals surface area contributed by atoms with Crippen LogP contribution in [0.4, 0.5) is 8.78 Å². The van der Waals surface area contributed by atoms with Crippen LogP contribution in [0, 0.1) is 15.2 Å². The van der Waals surface area contributed by atoms with E-state index in [4.69, 9.17) is 10.8 Å². The quantitative estimate of drug-likeness (QED) is 0.475. The van der Waals surface area contributed by atoms with Crippen molar-refractivity contribution in [2.75, 3.05) is 0 Å². The van der Waals surface area contributed by atoms with Gasteiger partial charge in [-0.05, 0) is 52.4 Å². The first-order valence-corrected chi connectivity index (χ1v) is 8.48. The Labute approximate surface area is 165 Å². The molecule has 1 unspecified atom stereocenters. The molecule has 2 rings (SSSR count). The second kappa shape index (κ2) is 8.39. The normalized spacial score (nSPS) is 11.7. The number of hydrogen-bond acceptors (Lipinski definition) is 5. The molecule has 2 amide bonds. The smallest absolute Gasteiger partial charge is 0.321 e. The van der Waals surface area contributed by atoms with E-state index in [9.17, 15) is 28.3 Å².